The number of hydrogen-bond acceptors (Lipinski definition) is 3. The maximum atomic E-state index is 11.2. The van der Waals surface area contributed by atoms with Gasteiger partial charge >= 0.3 is 5.97 Å². The molecule has 0 atom stereocenters. The van der Waals surface area contributed by atoms with Crippen molar-refractivity contribution in [3.8, 4) is 11.4 Å². The van der Waals surface area contributed by atoms with E-state index in [0.29, 0.717) is 17.0 Å². The van der Waals surface area contributed by atoms with Crippen LogP contribution < -0.4 is 0 Å². The minimum absolute atomic E-state index is 0.177. The number of carbonyl (C=O) groups is 1. The Kier molecular flexibility index (Phi) is 3.17. The van der Waals surface area contributed by atoms with Crippen LogP contribution in [0.25, 0.3) is 22.6 Å². The summed E-state index contributed by atoms with van der Waals surface area (Å²) in [5.41, 5.74) is 3.14. The number of hydrogen-bond donors (Lipinski definition) is 2. The van der Waals surface area contributed by atoms with Gasteiger partial charge in [-0.3, -0.25) is 0 Å². The number of aromatic nitrogens is 3. The molecular formula is C14H10IN3O2. The minimum Gasteiger partial charge on any atom is -0.478 e. The molecule has 1 aromatic carbocycles. The van der Waals surface area contributed by atoms with Gasteiger partial charge in [-0.1, -0.05) is 18.2 Å². The van der Waals surface area contributed by atoms with E-state index >= 15 is 0 Å². The van der Waals surface area contributed by atoms with Crippen molar-refractivity contribution in [1.82, 2.24) is 15.0 Å². The van der Waals surface area contributed by atoms with Gasteiger partial charge in [-0.2, -0.15) is 0 Å². The summed E-state index contributed by atoms with van der Waals surface area (Å²) < 4.78 is 1.08. The Morgan fingerprint density at radius 1 is 1.35 bits per heavy atom. The lowest BCUT2D eigenvalue weighted by Crippen LogP contribution is -1.97. The van der Waals surface area contributed by atoms with E-state index in [1.54, 1.807) is 0 Å². The van der Waals surface area contributed by atoms with Crippen LogP contribution in [0.5, 0.6) is 0 Å². The van der Waals surface area contributed by atoms with Gasteiger partial charge in [0.25, 0.3) is 0 Å². The monoisotopic (exact) mass is 379 g/mol. The number of aromatic carboxylic acids is 1. The van der Waals surface area contributed by atoms with Crippen LogP contribution in [0.4, 0.5) is 0 Å². The molecule has 2 N–H and O–H groups in total. The summed E-state index contributed by atoms with van der Waals surface area (Å²) >= 11 is 2.26. The Hall–Kier alpha value is -1.96. The van der Waals surface area contributed by atoms with E-state index < -0.39 is 5.97 Å². The fraction of sp³-hybridized carbons (Fsp3) is 0.0714. The zero-order chi connectivity index (χ0) is 14.3. The molecule has 0 amide bonds. The van der Waals surface area contributed by atoms with Crippen LogP contribution in [-0.4, -0.2) is 26.0 Å². The van der Waals surface area contributed by atoms with Crippen molar-refractivity contribution in [1.29, 1.82) is 0 Å². The van der Waals surface area contributed by atoms with Gasteiger partial charge < -0.3 is 10.1 Å². The molecule has 5 nitrogen and oxygen atoms in total. The molecule has 20 heavy (non-hydrogen) atoms. The summed E-state index contributed by atoms with van der Waals surface area (Å²) in [6.07, 6.45) is 1.46. The third-order valence-electron chi connectivity index (χ3n) is 3.07. The second-order valence-corrected chi connectivity index (χ2v) is 5.46. The lowest BCUT2D eigenvalue weighted by atomic mass is 10.1. The van der Waals surface area contributed by atoms with Crippen LogP contribution in [0.3, 0.4) is 0 Å². The van der Waals surface area contributed by atoms with Crippen LogP contribution in [0.1, 0.15) is 15.9 Å². The van der Waals surface area contributed by atoms with Gasteiger partial charge in [0.2, 0.25) is 0 Å². The number of H-pyrrole nitrogens is 1. The first-order valence-corrected chi connectivity index (χ1v) is 6.99. The smallest absolute Gasteiger partial charge is 0.338 e. The number of halogens is 1. The quantitative estimate of drug-likeness (QED) is 0.671. The third kappa shape index (κ3) is 2.05. The van der Waals surface area contributed by atoms with Gasteiger partial charge in [0.05, 0.1) is 11.1 Å². The number of aromatic amines is 1. The Bertz CT molecular complexity index is 826. The van der Waals surface area contributed by atoms with Gasteiger partial charge in [0, 0.05) is 15.3 Å². The van der Waals surface area contributed by atoms with Crippen LogP contribution in [-0.2, 0) is 0 Å². The molecule has 6 heteroatoms. The highest BCUT2D eigenvalue weighted by molar-refractivity contribution is 14.1. The van der Waals surface area contributed by atoms with E-state index in [-0.39, 0.29) is 5.56 Å². The van der Waals surface area contributed by atoms with Crippen LogP contribution in [0.15, 0.2) is 30.5 Å². The molecular weight excluding hydrogens is 369 g/mol. The maximum absolute atomic E-state index is 11.2. The van der Waals surface area contributed by atoms with Crippen molar-refractivity contribution in [2.75, 3.05) is 0 Å². The number of carboxylic acids is 1. The second-order valence-electron chi connectivity index (χ2n) is 4.38. The van der Waals surface area contributed by atoms with Crippen molar-refractivity contribution in [2.24, 2.45) is 0 Å². The van der Waals surface area contributed by atoms with Crippen LogP contribution >= 0.6 is 22.6 Å². The number of carboxylic acid groups (broad SMARTS) is 1. The topological polar surface area (TPSA) is 78.9 Å². The first kappa shape index (κ1) is 13.0. The molecule has 0 fully saturated rings. The van der Waals surface area contributed by atoms with E-state index in [0.717, 1.165) is 14.7 Å². The molecule has 2 aromatic heterocycles. The molecule has 0 saturated carbocycles. The van der Waals surface area contributed by atoms with E-state index in [1.165, 1.54) is 12.3 Å². The van der Waals surface area contributed by atoms with Crippen molar-refractivity contribution < 1.29 is 9.90 Å². The van der Waals surface area contributed by atoms with Gasteiger partial charge in [0.1, 0.15) is 5.82 Å². The average Bonchev–Trinajstić information content (AvgIpc) is 2.84. The summed E-state index contributed by atoms with van der Waals surface area (Å²) in [7, 11) is 0. The summed E-state index contributed by atoms with van der Waals surface area (Å²) in [6, 6.07) is 7.39. The molecule has 0 bridgehead atoms. The summed E-state index contributed by atoms with van der Waals surface area (Å²) in [6.45, 7) is 2.02. The minimum atomic E-state index is -0.994. The van der Waals surface area contributed by atoms with Crippen molar-refractivity contribution >= 4 is 39.7 Å². The lowest BCUT2D eigenvalue weighted by molar-refractivity contribution is 0.0699. The summed E-state index contributed by atoms with van der Waals surface area (Å²) in [4.78, 5) is 22.8. The Morgan fingerprint density at radius 2 is 2.15 bits per heavy atom. The fourth-order valence-corrected chi connectivity index (χ4v) is 2.66. The number of benzene rings is 1. The standard InChI is InChI=1S/C14H10IN3O2/c1-7-3-2-4-8(10(7)15)12-17-11-9(14(19)20)5-6-16-13(11)18-12/h2-6H,1H3,(H,19,20)(H,16,17,18). The van der Waals surface area contributed by atoms with Gasteiger partial charge in [-0.25, -0.2) is 14.8 Å². The predicted octanol–water partition coefficient (Wildman–Crippen LogP) is 3.24. The van der Waals surface area contributed by atoms with Crippen LogP contribution in [0.2, 0.25) is 0 Å². The molecule has 3 rings (SSSR count). The number of imidazole rings is 1. The maximum Gasteiger partial charge on any atom is 0.338 e. The molecule has 0 unspecified atom stereocenters. The first-order valence-electron chi connectivity index (χ1n) is 5.91. The second kappa shape index (κ2) is 4.86. The van der Waals surface area contributed by atoms with E-state index in [1.807, 2.05) is 25.1 Å². The Morgan fingerprint density at radius 3 is 2.90 bits per heavy atom. The molecule has 2 heterocycles. The largest absolute Gasteiger partial charge is 0.478 e. The number of nitrogens with zero attached hydrogens (tertiary/aromatic N) is 2. The van der Waals surface area contributed by atoms with Gasteiger partial charge in [-0.05, 0) is 41.1 Å². The third-order valence-corrected chi connectivity index (χ3v) is 4.50. The lowest BCUT2D eigenvalue weighted by Gasteiger charge is -2.03. The Labute approximate surface area is 128 Å². The van der Waals surface area contributed by atoms with Gasteiger partial charge in [0.15, 0.2) is 5.65 Å². The number of fused-ring (bicyclic) bond motifs is 1. The van der Waals surface area contributed by atoms with Crippen molar-refractivity contribution in [3.05, 3.63) is 45.2 Å². The highest BCUT2D eigenvalue weighted by Crippen LogP contribution is 2.27. The number of aryl methyl sites for hydroxylation is 1. The van der Waals surface area contributed by atoms with E-state index in [9.17, 15) is 9.90 Å². The Balaban J connectivity index is 2.26. The van der Waals surface area contributed by atoms with Crippen LogP contribution in [0, 0.1) is 10.5 Å². The SMILES string of the molecule is Cc1cccc(-c2nc3nccc(C(=O)O)c3[nH]2)c1I. The van der Waals surface area contributed by atoms with Crippen molar-refractivity contribution in [3.63, 3.8) is 0 Å². The molecule has 3 aromatic rings. The summed E-state index contributed by atoms with van der Waals surface area (Å²) in [5.74, 6) is -0.360. The number of nitrogens with one attached hydrogen (secondary N) is 1. The summed E-state index contributed by atoms with van der Waals surface area (Å²) in [5, 5.41) is 9.18. The molecule has 0 radical (unpaired) electrons. The zero-order valence-corrected chi connectivity index (χ0v) is 12.7. The number of pyridine rings is 1. The fourth-order valence-electron chi connectivity index (χ4n) is 2.05. The highest BCUT2D eigenvalue weighted by Gasteiger charge is 2.15. The van der Waals surface area contributed by atoms with Crippen molar-refractivity contribution in [2.45, 2.75) is 6.92 Å². The molecule has 100 valence electrons. The predicted molar refractivity (Wildman–Crippen MR) is 83.7 cm³/mol. The molecule has 0 spiro atoms. The van der Waals surface area contributed by atoms with Gasteiger partial charge in [-0.15, -0.1) is 0 Å². The average molecular weight is 379 g/mol. The van der Waals surface area contributed by atoms with E-state index in [2.05, 4.69) is 37.5 Å². The number of rotatable bonds is 2. The molecule has 0 aliphatic heterocycles. The molecule has 0 aliphatic carbocycles. The van der Waals surface area contributed by atoms with E-state index in [4.69, 9.17) is 0 Å². The molecule has 0 saturated heterocycles. The zero-order valence-electron chi connectivity index (χ0n) is 10.5. The molecule has 0 aliphatic rings. The highest BCUT2D eigenvalue weighted by atomic mass is 127. The normalized spacial score (nSPS) is 10.9. The first-order chi connectivity index (χ1) is 9.58.